The Balaban J connectivity index is 1.85. The van der Waals surface area contributed by atoms with E-state index in [2.05, 4.69) is 0 Å². The van der Waals surface area contributed by atoms with Gasteiger partial charge in [-0.1, -0.05) is 0 Å². The lowest BCUT2D eigenvalue weighted by molar-refractivity contribution is -0.156. The van der Waals surface area contributed by atoms with Gasteiger partial charge in [-0.25, -0.2) is 4.79 Å². The van der Waals surface area contributed by atoms with Crippen molar-refractivity contribution in [1.29, 1.82) is 0 Å². The maximum atomic E-state index is 12.3. The zero-order valence-corrected chi connectivity index (χ0v) is 12.3. The molecule has 2 saturated heterocycles. The smallest absolute Gasteiger partial charge is 0.328 e. The second-order valence-electron chi connectivity index (χ2n) is 5.52. The van der Waals surface area contributed by atoms with E-state index < -0.39 is 0 Å². The third-order valence-electron chi connectivity index (χ3n) is 4.09. The number of hydrogen-bond donors (Lipinski definition) is 0. The topological polar surface area (TPSA) is 55.8 Å². The number of ether oxygens (including phenoxy) is 2. The summed E-state index contributed by atoms with van der Waals surface area (Å²) in [5.41, 5.74) is 0. The zero-order chi connectivity index (χ0) is 14.4. The molecule has 2 aliphatic heterocycles. The minimum Gasteiger partial charge on any atom is -0.464 e. The van der Waals surface area contributed by atoms with Gasteiger partial charge in [0.05, 0.1) is 12.7 Å². The maximum absolute atomic E-state index is 12.3. The minimum atomic E-state index is -0.374. The highest BCUT2D eigenvalue weighted by molar-refractivity contribution is 5.84. The maximum Gasteiger partial charge on any atom is 0.328 e. The average Bonchev–Trinajstić information content (AvgIpc) is 2.98. The lowest BCUT2D eigenvalue weighted by Crippen LogP contribution is -2.48. The van der Waals surface area contributed by atoms with E-state index in [0.29, 0.717) is 19.6 Å². The van der Waals surface area contributed by atoms with Crippen LogP contribution in [0.3, 0.4) is 0 Å². The third kappa shape index (κ3) is 3.95. The normalized spacial score (nSPS) is 26.6. The Bertz CT molecular complexity index is 339. The number of piperidine rings is 1. The lowest BCUT2D eigenvalue weighted by atomic mass is 10.0. The quantitative estimate of drug-likeness (QED) is 0.723. The van der Waals surface area contributed by atoms with Gasteiger partial charge in [0.2, 0.25) is 5.91 Å². The Labute approximate surface area is 120 Å². The van der Waals surface area contributed by atoms with Crippen molar-refractivity contribution < 1.29 is 19.1 Å². The molecule has 0 aliphatic carbocycles. The Morgan fingerprint density at radius 3 is 2.80 bits per heavy atom. The third-order valence-corrected chi connectivity index (χ3v) is 4.09. The van der Waals surface area contributed by atoms with Crippen LogP contribution in [0.2, 0.25) is 0 Å². The molecule has 0 aromatic carbocycles. The number of amides is 1. The Kier molecular flexibility index (Phi) is 5.83. The second-order valence-corrected chi connectivity index (χ2v) is 5.52. The van der Waals surface area contributed by atoms with E-state index in [-0.39, 0.29) is 24.0 Å². The zero-order valence-electron chi connectivity index (χ0n) is 12.3. The predicted octanol–water partition coefficient (Wildman–Crippen LogP) is 1.89. The molecular weight excluding hydrogens is 258 g/mol. The molecule has 20 heavy (non-hydrogen) atoms. The lowest BCUT2D eigenvalue weighted by Gasteiger charge is -2.34. The van der Waals surface area contributed by atoms with E-state index in [9.17, 15) is 9.59 Å². The molecule has 2 atom stereocenters. The number of carbonyl (C=O) groups excluding carboxylic acids is 2. The molecule has 5 heteroatoms. The molecule has 0 saturated carbocycles. The van der Waals surface area contributed by atoms with Crippen LogP contribution >= 0.6 is 0 Å². The van der Waals surface area contributed by atoms with E-state index >= 15 is 0 Å². The summed E-state index contributed by atoms with van der Waals surface area (Å²) in [4.78, 5) is 26.0. The molecule has 0 spiro atoms. The van der Waals surface area contributed by atoms with Crippen LogP contribution < -0.4 is 0 Å². The summed E-state index contributed by atoms with van der Waals surface area (Å²) in [5, 5.41) is 0. The summed E-state index contributed by atoms with van der Waals surface area (Å²) >= 11 is 0. The van der Waals surface area contributed by atoms with Crippen LogP contribution in [0.1, 0.15) is 51.9 Å². The van der Waals surface area contributed by atoms with E-state index in [0.717, 1.165) is 45.1 Å². The van der Waals surface area contributed by atoms with Gasteiger partial charge in [0.15, 0.2) is 0 Å². The van der Waals surface area contributed by atoms with Gasteiger partial charge < -0.3 is 14.4 Å². The molecule has 0 radical (unpaired) electrons. The summed E-state index contributed by atoms with van der Waals surface area (Å²) in [6.45, 7) is 3.65. The Morgan fingerprint density at radius 1 is 1.25 bits per heavy atom. The highest BCUT2D eigenvalue weighted by Crippen LogP contribution is 2.22. The monoisotopic (exact) mass is 283 g/mol. The largest absolute Gasteiger partial charge is 0.464 e. The molecule has 2 fully saturated rings. The van der Waals surface area contributed by atoms with Gasteiger partial charge in [0.1, 0.15) is 6.04 Å². The van der Waals surface area contributed by atoms with E-state index in [1.807, 2.05) is 0 Å². The van der Waals surface area contributed by atoms with Crippen molar-refractivity contribution in [1.82, 2.24) is 4.90 Å². The number of likely N-dealkylation sites (tertiary alicyclic amines) is 1. The Hall–Kier alpha value is -1.10. The number of carbonyl (C=O) groups is 2. The van der Waals surface area contributed by atoms with Crippen molar-refractivity contribution >= 4 is 11.9 Å². The van der Waals surface area contributed by atoms with E-state index in [4.69, 9.17) is 9.47 Å². The molecule has 2 unspecified atom stereocenters. The highest BCUT2D eigenvalue weighted by atomic mass is 16.5. The van der Waals surface area contributed by atoms with Crippen LogP contribution in [-0.4, -0.2) is 48.7 Å². The molecule has 2 aliphatic rings. The van der Waals surface area contributed by atoms with Crippen LogP contribution in [-0.2, 0) is 19.1 Å². The molecule has 0 N–H and O–H groups in total. The molecule has 2 heterocycles. The molecule has 2 rings (SSSR count). The van der Waals surface area contributed by atoms with Crippen molar-refractivity contribution in [3.63, 3.8) is 0 Å². The fraction of sp³-hybridized carbons (Fsp3) is 0.867. The summed E-state index contributed by atoms with van der Waals surface area (Å²) in [5.74, 6) is -0.184. The van der Waals surface area contributed by atoms with Crippen molar-refractivity contribution in [2.45, 2.75) is 64.0 Å². The predicted molar refractivity (Wildman–Crippen MR) is 74.2 cm³/mol. The minimum absolute atomic E-state index is 0.0678. The summed E-state index contributed by atoms with van der Waals surface area (Å²) in [6, 6.07) is -0.374. The van der Waals surface area contributed by atoms with Gasteiger partial charge in [-0.15, -0.1) is 0 Å². The first-order valence-electron chi connectivity index (χ1n) is 7.80. The first-order valence-corrected chi connectivity index (χ1v) is 7.80. The molecule has 114 valence electrons. The average molecular weight is 283 g/mol. The first-order chi connectivity index (χ1) is 9.72. The van der Waals surface area contributed by atoms with Gasteiger partial charge in [-0.05, 0) is 45.4 Å². The molecule has 1 amide bonds. The molecular formula is C15H25NO4. The van der Waals surface area contributed by atoms with Gasteiger partial charge in [-0.3, -0.25) is 4.79 Å². The van der Waals surface area contributed by atoms with Crippen LogP contribution in [0.25, 0.3) is 0 Å². The van der Waals surface area contributed by atoms with Crippen LogP contribution in [0.15, 0.2) is 0 Å². The Morgan fingerprint density at radius 2 is 2.10 bits per heavy atom. The van der Waals surface area contributed by atoms with Crippen molar-refractivity contribution in [3.05, 3.63) is 0 Å². The number of hydrogen-bond acceptors (Lipinski definition) is 4. The van der Waals surface area contributed by atoms with E-state index in [1.54, 1.807) is 11.8 Å². The summed E-state index contributed by atoms with van der Waals surface area (Å²) in [6.07, 6.45) is 6.30. The van der Waals surface area contributed by atoms with Crippen molar-refractivity contribution in [2.75, 3.05) is 19.8 Å². The fourth-order valence-corrected chi connectivity index (χ4v) is 3.01. The van der Waals surface area contributed by atoms with Gasteiger partial charge in [0.25, 0.3) is 0 Å². The molecule has 0 aromatic rings. The van der Waals surface area contributed by atoms with E-state index in [1.165, 1.54) is 0 Å². The molecule has 5 nitrogen and oxygen atoms in total. The number of nitrogens with zero attached hydrogens (tertiary/aromatic N) is 1. The van der Waals surface area contributed by atoms with Gasteiger partial charge >= 0.3 is 5.97 Å². The van der Waals surface area contributed by atoms with Gasteiger partial charge in [0, 0.05) is 19.6 Å². The summed E-state index contributed by atoms with van der Waals surface area (Å²) < 4.78 is 10.6. The molecule has 0 bridgehead atoms. The fourth-order valence-electron chi connectivity index (χ4n) is 3.01. The van der Waals surface area contributed by atoms with Gasteiger partial charge in [-0.2, -0.15) is 0 Å². The summed E-state index contributed by atoms with van der Waals surface area (Å²) in [7, 11) is 0. The van der Waals surface area contributed by atoms with Crippen LogP contribution in [0.4, 0.5) is 0 Å². The standard InChI is InChI=1S/C15H25NO4/c1-2-19-15(18)13-7-3-4-10-16(13)14(17)9-8-12-6-5-11-20-12/h12-13H,2-11H2,1H3. The molecule has 0 aromatic heterocycles. The highest BCUT2D eigenvalue weighted by Gasteiger charge is 2.33. The number of esters is 1. The van der Waals surface area contributed by atoms with Crippen LogP contribution in [0.5, 0.6) is 0 Å². The van der Waals surface area contributed by atoms with Crippen LogP contribution in [0, 0.1) is 0 Å². The first kappa shape index (κ1) is 15.3. The number of rotatable bonds is 5. The SMILES string of the molecule is CCOC(=O)C1CCCCN1C(=O)CCC1CCCO1. The van der Waals surface area contributed by atoms with Crippen molar-refractivity contribution in [3.8, 4) is 0 Å². The second kappa shape index (κ2) is 7.62. The van der Waals surface area contributed by atoms with Crippen molar-refractivity contribution in [2.24, 2.45) is 0 Å².